The van der Waals surface area contributed by atoms with Crippen LogP contribution < -0.4 is 10.6 Å². The van der Waals surface area contributed by atoms with Crippen LogP contribution in [-0.2, 0) is 4.79 Å². The third kappa shape index (κ3) is 4.39. The Morgan fingerprint density at radius 3 is 2.62 bits per heavy atom. The van der Waals surface area contributed by atoms with Crippen LogP contribution in [0, 0.1) is 0 Å². The summed E-state index contributed by atoms with van der Waals surface area (Å²) in [5.74, 6) is -0.552. The van der Waals surface area contributed by atoms with Gasteiger partial charge >= 0.3 is 0 Å². The molecule has 2 N–H and O–H groups in total. The zero-order valence-electron chi connectivity index (χ0n) is 11.9. The molecule has 1 heterocycles. The fourth-order valence-electron chi connectivity index (χ4n) is 1.72. The van der Waals surface area contributed by atoms with E-state index >= 15 is 0 Å². The highest BCUT2D eigenvalue weighted by atomic mass is 32.1. The van der Waals surface area contributed by atoms with Crippen molar-refractivity contribution in [2.45, 2.75) is 19.9 Å². The summed E-state index contributed by atoms with van der Waals surface area (Å²) in [6.07, 6.45) is 0. The Labute approximate surface area is 127 Å². The molecule has 5 nitrogen and oxygen atoms in total. The average molecular weight is 303 g/mol. The monoisotopic (exact) mass is 303 g/mol. The van der Waals surface area contributed by atoms with Crippen molar-refractivity contribution in [2.75, 3.05) is 6.54 Å². The molecule has 2 aromatic rings. The minimum Gasteiger partial charge on any atom is -0.352 e. The number of aromatic nitrogens is 1. The SMILES string of the molecule is CC(C)NC(=O)CNC(=O)c1csc(-c2ccccc2)n1. The van der Waals surface area contributed by atoms with E-state index in [4.69, 9.17) is 0 Å². The van der Waals surface area contributed by atoms with Gasteiger partial charge in [-0.25, -0.2) is 4.98 Å². The number of carbonyl (C=O) groups is 2. The Kier molecular flexibility index (Phi) is 5.05. The van der Waals surface area contributed by atoms with Gasteiger partial charge in [0.15, 0.2) is 0 Å². The summed E-state index contributed by atoms with van der Waals surface area (Å²) in [5, 5.41) is 7.75. The molecule has 2 rings (SSSR count). The second kappa shape index (κ2) is 6.99. The smallest absolute Gasteiger partial charge is 0.271 e. The molecular weight excluding hydrogens is 286 g/mol. The number of hydrogen-bond acceptors (Lipinski definition) is 4. The van der Waals surface area contributed by atoms with Gasteiger partial charge in [-0.1, -0.05) is 30.3 Å². The Balaban J connectivity index is 1.95. The summed E-state index contributed by atoms with van der Waals surface area (Å²) in [7, 11) is 0. The molecule has 2 amide bonds. The first-order valence-corrected chi connectivity index (χ1v) is 7.52. The van der Waals surface area contributed by atoms with Crippen molar-refractivity contribution in [3.8, 4) is 10.6 Å². The first-order valence-electron chi connectivity index (χ1n) is 6.65. The molecule has 0 radical (unpaired) electrons. The minimum absolute atomic E-state index is 0.0464. The van der Waals surface area contributed by atoms with Crippen LogP contribution in [-0.4, -0.2) is 29.4 Å². The van der Waals surface area contributed by atoms with Crippen LogP contribution in [0.3, 0.4) is 0 Å². The van der Waals surface area contributed by atoms with Gasteiger partial charge in [-0.2, -0.15) is 0 Å². The number of rotatable bonds is 5. The Bertz CT molecular complexity index is 623. The largest absolute Gasteiger partial charge is 0.352 e. The van der Waals surface area contributed by atoms with E-state index in [9.17, 15) is 9.59 Å². The van der Waals surface area contributed by atoms with Crippen molar-refractivity contribution >= 4 is 23.2 Å². The molecule has 0 saturated heterocycles. The molecule has 0 atom stereocenters. The number of benzene rings is 1. The van der Waals surface area contributed by atoms with Crippen molar-refractivity contribution in [3.63, 3.8) is 0 Å². The van der Waals surface area contributed by atoms with Gasteiger partial charge in [0.25, 0.3) is 5.91 Å². The molecule has 0 aliphatic heterocycles. The van der Waals surface area contributed by atoms with E-state index in [0.29, 0.717) is 5.69 Å². The van der Waals surface area contributed by atoms with E-state index in [-0.39, 0.29) is 24.4 Å². The standard InChI is InChI=1S/C15H17N3O2S/c1-10(2)17-13(19)8-16-14(20)12-9-21-15(18-12)11-6-4-3-5-7-11/h3-7,9-10H,8H2,1-2H3,(H,16,20)(H,17,19). The average Bonchev–Trinajstić information content (AvgIpc) is 2.95. The molecule has 110 valence electrons. The zero-order valence-corrected chi connectivity index (χ0v) is 12.7. The molecule has 0 fully saturated rings. The highest BCUT2D eigenvalue weighted by molar-refractivity contribution is 7.13. The third-order valence-electron chi connectivity index (χ3n) is 2.62. The summed E-state index contributed by atoms with van der Waals surface area (Å²) in [6.45, 7) is 3.69. The van der Waals surface area contributed by atoms with Gasteiger partial charge in [0, 0.05) is 17.0 Å². The third-order valence-corrected chi connectivity index (χ3v) is 3.51. The summed E-state index contributed by atoms with van der Waals surface area (Å²) in [4.78, 5) is 27.7. The van der Waals surface area contributed by atoms with Crippen LogP contribution in [0.5, 0.6) is 0 Å². The van der Waals surface area contributed by atoms with Crippen molar-refractivity contribution in [2.24, 2.45) is 0 Å². The van der Waals surface area contributed by atoms with Crippen LogP contribution in [0.15, 0.2) is 35.7 Å². The highest BCUT2D eigenvalue weighted by Gasteiger charge is 2.13. The summed E-state index contributed by atoms with van der Waals surface area (Å²) in [5.41, 5.74) is 1.30. The molecule has 1 aromatic carbocycles. The number of thiazole rings is 1. The van der Waals surface area contributed by atoms with E-state index in [1.165, 1.54) is 11.3 Å². The Morgan fingerprint density at radius 2 is 1.95 bits per heavy atom. The number of nitrogens with one attached hydrogen (secondary N) is 2. The molecule has 0 unspecified atom stereocenters. The van der Waals surface area contributed by atoms with Gasteiger partial charge in [0.05, 0.1) is 6.54 Å². The lowest BCUT2D eigenvalue weighted by Crippen LogP contribution is -2.39. The zero-order chi connectivity index (χ0) is 15.2. The summed E-state index contributed by atoms with van der Waals surface area (Å²) in [6, 6.07) is 9.71. The Morgan fingerprint density at radius 1 is 1.24 bits per heavy atom. The maximum absolute atomic E-state index is 11.9. The van der Waals surface area contributed by atoms with Crippen LogP contribution in [0.1, 0.15) is 24.3 Å². The second-order valence-electron chi connectivity index (χ2n) is 4.81. The highest BCUT2D eigenvalue weighted by Crippen LogP contribution is 2.23. The lowest BCUT2D eigenvalue weighted by atomic mass is 10.2. The second-order valence-corrected chi connectivity index (χ2v) is 5.67. The molecule has 0 bridgehead atoms. The summed E-state index contributed by atoms with van der Waals surface area (Å²) >= 11 is 1.40. The molecule has 21 heavy (non-hydrogen) atoms. The van der Waals surface area contributed by atoms with Crippen molar-refractivity contribution in [1.82, 2.24) is 15.6 Å². The van der Waals surface area contributed by atoms with Crippen molar-refractivity contribution < 1.29 is 9.59 Å². The molecule has 0 spiro atoms. The van der Waals surface area contributed by atoms with E-state index in [0.717, 1.165) is 10.6 Å². The number of amides is 2. The van der Waals surface area contributed by atoms with Gasteiger partial charge < -0.3 is 10.6 Å². The predicted octanol–water partition coefficient (Wildman–Crippen LogP) is 2.06. The molecule has 0 aliphatic rings. The van der Waals surface area contributed by atoms with Gasteiger partial charge in [0.1, 0.15) is 10.7 Å². The summed E-state index contributed by atoms with van der Waals surface area (Å²) < 4.78 is 0. The number of hydrogen-bond donors (Lipinski definition) is 2. The number of carbonyl (C=O) groups excluding carboxylic acids is 2. The van der Waals surface area contributed by atoms with Crippen LogP contribution in [0.25, 0.3) is 10.6 Å². The Hall–Kier alpha value is -2.21. The maximum Gasteiger partial charge on any atom is 0.271 e. The maximum atomic E-state index is 11.9. The number of nitrogens with zero attached hydrogens (tertiary/aromatic N) is 1. The lowest BCUT2D eigenvalue weighted by Gasteiger charge is -2.08. The molecule has 0 saturated carbocycles. The van der Waals surface area contributed by atoms with E-state index in [1.54, 1.807) is 5.38 Å². The predicted molar refractivity (Wildman–Crippen MR) is 83.2 cm³/mol. The minimum atomic E-state index is -0.340. The first kappa shape index (κ1) is 15.2. The van der Waals surface area contributed by atoms with Crippen LogP contribution in [0.4, 0.5) is 0 Å². The normalized spacial score (nSPS) is 10.4. The van der Waals surface area contributed by atoms with E-state index in [2.05, 4.69) is 15.6 Å². The van der Waals surface area contributed by atoms with Crippen molar-refractivity contribution in [1.29, 1.82) is 0 Å². The van der Waals surface area contributed by atoms with Gasteiger partial charge in [-0.05, 0) is 13.8 Å². The topological polar surface area (TPSA) is 71.1 Å². The van der Waals surface area contributed by atoms with Gasteiger partial charge in [-0.15, -0.1) is 11.3 Å². The molecule has 1 aromatic heterocycles. The van der Waals surface area contributed by atoms with Crippen molar-refractivity contribution in [3.05, 3.63) is 41.4 Å². The quantitative estimate of drug-likeness (QED) is 0.888. The van der Waals surface area contributed by atoms with Gasteiger partial charge in [-0.3, -0.25) is 9.59 Å². The fourth-order valence-corrected chi connectivity index (χ4v) is 2.52. The van der Waals surface area contributed by atoms with Crippen LogP contribution >= 0.6 is 11.3 Å². The van der Waals surface area contributed by atoms with E-state index in [1.807, 2.05) is 44.2 Å². The molecular formula is C15H17N3O2S. The van der Waals surface area contributed by atoms with E-state index < -0.39 is 0 Å². The fraction of sp³-hybridized carbons (Fsp3) is 0.267. The van der Waals surface area contributed by atoms with Gasteiger partial charge in [0.2, 0.25) is 5.91 Å². The first-order chi connectivity index (χ1) is 10.1. The van der Waals surface area contributed by atoms with Crippen LogP contribution in [0.2, 0.25) is 0 Å². The lowest BCUT2D eigenvalue weighted by molar-refractivity contribution is -0.120. The molecule has 0 aliphatic carbocycles. The molecule has 6 heteroatoms.